The molecule has 2 aromatic rings. The maximum atomic E-state index is 11.7. The Bertz CT molecular complexity index is 627. The molecule has 0 saturated heterocycles. The third-order valence-corrected chi connectivity index (χ3v) is 3.59. The largest absolute Gasteiger partial charge is 0.462 e. The van der Waals surface area contributed by atoms with E-state index in [-0.39, 0.29) is 5.97 Å². The van der Waals surface area contributed by atoms with Crippen molar-refractivity contribution >= 4 is 5.97 Å². The molecule has 0 spiro atoms. The summed E-state index contributed by atoms with van der Waals surface area (Å²) >= 11 is 0. The number of nitrogens with zero attached hydrogens (tertiary/aromatic N) is 1. The highest BCUT2D eigenvalue weighted by Gasteiger charge is 2.11. The first-order chi connectivity index (χ1) is 10.1. The van der Waals surface area contributed by atoms with Gasteiger partial charge in [0.05, 0.1) is 12.2 Å². The summed E-state index contributed by atoms with van der Waals surface area (Å²) in [5.41, 5.74) is 10.9. The third-order valence-electron chi connectivity index (χ3n) is 3.59. The van der Waals surface area contributed by atoms with E-state index in [0.717, 1.165) is 12.1 Å². The Hall–Kier alpha value is -2.07. The number of hydrogen-bond donors (Lipinski definition) is 1. The number of esters is 1. The van der Waals surface area contributed by atoms with Crippen LogP contribution in [-0.2, 0) is 11.2 Å². The zero-order valence-corrected chi connectivity index (χ0v) is 12.8. The molecule has 21 heavy (non-hydrogen) atoms. The molecule has 1 heterocycles. The van der Waals surface area contributed by atoms with Gasteiger partial charge in [-0.25, -0.2) is 4.79 Å². The highest BCUT2D eigenvalue weighted by molar-refractivity contribution is 5.89. The van der Waals surface area contributed by atoms with Crippen LogP contribution in [0, 0.1) is 13.8 Å². The second-order valence-corrected chi connectivity index (χ2v) is 5.04. The Balaban J connectivity index is 2.33. The van der Waals surface area contributed by atoms with Crippen molar-refractivity contribution in [2.75, 3.05) is 13.2 Å². The Kier molecular flexibility index (Phi) is 4.81. The van der Waals surface area contributed by atoms with Crippen molar-refractivity contribution in [3.05, 3.63) is 52.8 Å². The van der Waals surface area contributed by atoms with Crippen LogP contribution in [0.4, 0.5) is 0 Å². The lowest BCUT2D eigenvalue weighted by molar-refractivity contribution is 0.0526. The van der Waals surface area contributed by atoms with Crippen LogP contribution in [0.3, 0.4) is 0 Å². The molecule has 4 nitrogen and oxygen atoms in total. The van der Waals surface area contributed by atoms with Gasteiger partial charge in [0, 0.05) is 17.1 Å². The number of benzene rings is 1. The van der Waals surface area contributed by atoms with Gasteiger partial charge in [-0.05, 0) is 69.6 Å². The molecular formula is C17H22N2O2. The summed E-state index contributed by atoms with van der Waals surface area (Å²) in [6.07, 6.45) is 0.876. The SMILES string of the molecule is CCOC(=O)c1ccc(-n2c(C)cc(CCN)c2C)cc1. The molecule has 0 bridgehead atoms. The summed E-state index contributed by atoms with van der Waals surface area (Å²) in [5, 5.41) is 0. The van der Waals surface area contributed by atoms with Crippen LogP contribution in [0.25, 0.3) is 5.69 Å². The lowest BCUT2D eigenvalue weighted by atomic mass is 10.2. The molecule has 0 saturated carbocycles. The van der Waals surface area contributed by atoms with Crippen LogP contribution < -0.4 is 5.73 Å². The number of nitrogens with two attached hydrogens (primary N) is 1. The third kappa shape index (κ3) is 3.16. The fraction of sp³-hybridized carbons (Fsp3) is 0.353. The standard InChI is InChI=1S/C17H22N2O2/c1-4-21-17(20)14-5-7-16(8-6-14)19-12(2)11-15(9-10-18)13(19)3/h5-8,11H,4,9-10,18H2,1-3H3. The smallest absolute Gasteiger partial charge is 0.338 e. The van der Waals surface area contributed by atoms with Gasteiger partial charge in [-0.2, -0.15) is 0 Å². The number of carbonyl (C=O) groups is 1. The Morgan fingerprint density at radius 2 is 1.90 bits per heavy atom. The van der Waals surface area contributed by atoms with Gasteiger partial charge >= 0.3 is 5.97 Å². The van der Waals surface area contributed by atoms with E-state index in [4.69, 9.17) is 10.5 Å². The minimum atomic E-state index is -0.283. The van der Waals surface area contributed by atoms with E-state index in [1.165, 1.54) is 17.0 Å². The van der Waals surface area contributed by atoms with Crippen LogP contribution in [0.5, 0.6) is 0 Å². The summed E-state index contributed by atoms with van der Waals surface area (Å²) in [7, 11) is 0. The van der Waals surface area contributed by atoms with Crippen LogP contribution >= 0.6 is 0 Å². The second-order valence-electron chi connectivity index (χ2n) is 5.04. The lowest BCUT2D eigenvalue weighted by Crippen LogP contribution is -2.06. The van der Waals surface area contributed by atoms with Gasteiger partial charge in [-0.15, -0.1) is 0 Å². The first-order valence-electron chi connectivity index (χ1n) is 7.24. The highest BCUT2D eigenvalue weighted by Crippen LogP contribution is 2.21. The predicted molar refractivity (Wildman–Crippen MR) is 84.0 cm³/mol. The minimum absolute atomic E-state index is 0.283. The van der Waals surface area contributed by atoms with E-state index in [1.807, 2.05) is 12.1 Å². The minimum Gasteiger partial charge on any atom is -0.462 e. The molecule has 0 atom stereocenters. The summed E-state index contributed by atoms with van der Waals surface area (Å²) in [6.45, 7) is 7.01. The number of rotatable bonds is 5. The highest BCUT2D eigenvalue weighted by atomic mass is 16.5. The van der Waals surface area contributed by atoms with E-state index < -0.39 is 0 Å². The van der Waals surface area contributed by atoms with Crippen molar-refractivity contribution in [3.8, 4) is 5.69 Å². The molecule has 4 heteroatoms. The molecule has 2 N–H and O–H groups in total. The molecule has 0 fully saturated rings. The molecular weight excluding hydrogens is 264 g/mol. The average molecular weight is 286 g/mol. The van der Waals surface area contributed by atoms with Gasteiger partial charge in [-0.3, -0.25) is 0 Å². The topological polar surface area (TPSA) is 57.2 Å². The van der Waals surface area contributed by atoms with Crippen LogP contribution in [0.15, 0.2) is 30.3 Å². The van der Waals surface area contributed by atoms with Crippen LogP contribution in [0.2, 0.25) is 0 Å². The fourth-order valence-electron chi connectivity index (χ4n) is 2.60. The summed E-state index contributed by atoms with van der Waals surface area (Å²) in [4.78, 5) is 11.7. The van der Waals surface area contributed by atoms with Crippen molar-refractivity contribution in [1.82, 2.24) is 4.57 Å². The zero-order chi connectivity index (χ0) is 15.4. The number of carbonyl (C=O) groups excluding carboxylic acids is 1. The van der Waals surface area contributed by atoms with Crippen LogP contribution in [0.1, 0.15) is 34.2 Å². The van der Waals surface area contributed by atoms with Gasteiger partial charge < -0.3 is 15.0 Å². The summed E-state index contributed by atoms with van der Waals surface area (Å²) < 4.78 is 7.18. The fourth-order valence-corrected chi connectivity index (χ4v) is 2.60. The summed E-state index contributed by atoms with van der Waals surface area (Å²) in [6, 6.07) is 9.65. The van der Waals surface area contributed by atoms with E-state index in [1.54, 1.807) is 19.1 Å². The molecule has 0 aliphatic heterocycles. The molecule has 0 aliphatic carbocycles. The number of ether oxygens (including phenoxy) is 1. The van der Waals surface area contributed by atoms with Gasteiger partial charge in [-0.1, -0.05) is 0 Å². The predicted octanol–water partition coefficient (Wildman–Crippen LogP) is 2.77. The number of hydrogen-bond acceptors (Lipinski definition) is 3. The van der Waals surface area contributed by atoms with E-state index in [9.17, 15) is 4.79 Å². The Morgan fingerprint density at radius 3 is 2.48 bits per heavy atom. The van der Waals surface area contributed by atoms with Crippen LogP contribution in [-0.4, -0.2) is 23.7 Å². The lowest BCUT2D eigenvalue weighted by Gasteiger charge is -2.11. The van der Waals surface area contributed by atoms with Gasteiger partial charge in [0.2, 0.25) is 0 Å². The van der Waals surface area contributed by atoms with Crippen molar-refractivity contribution in [3.63, 3.8) is 0 Å². The zero-order valence-electron chi connectivity index (χ0n) is 12.8. The Morgan fingerprint density at radius 1 is 1.24 bits per heavy atom. The van der Waals surface area contributed by atoms with Gasteiger partial charge in [0.15, 0.2) is 0 Å². The molecule has 0 radical (unpaired) electrons. The maximum Gasteiger partial charge on any atom is 0.338 e. The van der Waals surface area contributed by atoms with Gasteiger partial charge in [0.1, 0.15) is 0 Å². The normalized spacial score (nSPS) is 10.7. The van der Waals surface area contributed by atoms with E-state index >= 15 is 0 Å². The monoisotopic (exact) mass is 286 g/mol. The molecule has 112 valence electrons. The van der Waals surface area contributed by atoms with Gasteiger partial charge in [0.25, 0.3) is 0 Å². The van der Waals surface area contributed by atoms with E-state index in [2.05, 4.69) is 24.5 Å². The first kappa shape index (κ1) is 15.3. The maximum absolute atomic E-state index is 11.7. The average Bonchev–Trinajstić information content (AvgIpc) is 2.74. The van der Waals surface area contributed by atoms with Crippen molar-refractivity contribution in [1.29, 1.82) is 0 Å². The number of aryl methyl sites for hydroxylation is 1. The summed E-state index contributed by atoms with van der Waals surface area (Å²) in [5.74, 6) is -0.283. The molecule has 0 amide bonds. The molecule has 1 aromatic heterocycles. The molecule has 0 aliphatic rings. The van der Waals surface area contributed by atoms with E-state index in [0.29, 0.717) is 18.7 Å². The van der Waals surface area contributed by atoms with Crippen molar-refractivity contribution in [2.24, 2.45) is 5.73 Å². The first-order valence-corrected chi connectivity index (χ1v) is 7.24. The van der Waals surface area contributed by atoms with Crippen molar-refractivity contribution in [2.45, 2.75) is 27.2 Å². The quantitative estimate of drug-likeness (QED) is 0.860. The Labute approximate surface area is 125 Å². The molecule has 2 rings (SSSR count). The molecule has 1 aromatic carbocycles. The van der Waals surface area contributed by atoms with Crippen molar-refractivity contribution < 1.29 is 9.53 Å². The molecule has 0 unspecified atom stereocenters. The second kappa shape index (κ2) is 6.59. The number of aromatic nitrogens is 1.